The number of alkyl halides is 6. The number of esters is 1. The summed E-state index contributed by atoms with van der Waals surface area (Å²) in [6.45, 7) is 0. The van der Waals surface area contributed by atoms with E-state index in [1.165, 1.54) is 7.05 Å². The van der Waals surface area contributed by atoms with E-state index in [-0.39, 0.29) is 31.7 Å². The first-order valence-electron chi connectivity index (χ1n) is 11.4. The monoisotopic (exact) mass is 578 g/mol. The van der Waals surface area contributed by atoms with E-state index in [0.29, 0.717) is 22.7 Å². The third-order valence-electron chi connectivity index (χ3n) is 5.97. The van der Waals surface area contributed by atoms with Gasteiger partial charge in [0.15, 0.2) is 6.10 Å². The van der Waals surface area contributed by atoms with Crippen molar-refractivity contribution < 1.29 is 50.3 Å². The van der Waals surface area contributed by atoms with Crippen LogP contribution in [0.5, 0.6) is 0 Å². The van der Waals surface area contributed by atoms with E-state index in [4.69, 9.17) is 16.3 Å². The minimum Gasteiger partial charge on any atom is -0.452 e. The molecule has 39 heavy (non-hydrogen) atoms. The van der Waals surface area contributed by atoms with Crippen molar-refractivity contribution in [3.8, 4) is 0 Å². The number of amides is 3. The maximum Gasteiger partial charge on any atom is 0.416 e. The largest absolute Gasteiger partial charge is 0.452 e. The second-order valence-electron chi connectivity index (χ2n) is 8.83. The number of ether oxygens (including phenoxy) is 1. The molecule has 2 unspecified atom stereocenters. The molecule has 0 aliphatic carbocycles. The highest BCUT2D eigenvalue weighted by Gasteiger charge is 2.38. The Morgan fingerprint density at radius 2 is 1.59 bits per heavy atom. The predicted octanol–water partition coefficient (Wildman–Crippen LogP) is 4.80. The van der Waals surface area contributed by atoms with Gasteiger partial charge in [0.25, 0.3) is 11.8 Å². The molecule has 7 nitrogen and oxygen atoms in total. The molecule has 0 spiro atoms. The summed E-state index contributed by atoms with van der Waals surface area (Å²) < 4.78 is 84.8. The van der Waals surface area contributed by atoms with Gasteiger partial charge in [-0.05, 0) is 48.7 Å². The van der Waals surface area contributed by atoms with Crippen LogP contribution >= 0.6 is 11.6 Å². The van der Waals surface area contributed by atoms with Crippen molar-refractivity contribution in [1.29, 1.82) is 0 Å². The van der Waals surface area contributed by atoms with Crippen LogP contribution in [0.3, 0.4) is 0 Å². The van der Waals surface area contributed by atoms with Gasteiger partial charge in [-0.2, -0.15) is 26.3 Å². The summed E-state index contributed by atoms with van der Waals surface area (Å²) in [6.07, 6.45) is -12.4. The number of nitrogens with zero attached hydrogens (tertiary/aromatic N) is 1. The number of carbonyl (C=O) groups excluding carboxylic acids is 4. The lowest BCUT2D eigenvalue weighted by Gasteiger charge is -2.29. The maximum absolute atomic E-state index is 13.3. The van der Waals surface area contributed by atoms with Gasteiger partial charge in [-0.25, -0.2) is 0 Å². The zero-order valence-corrected chi connectivity index (χ0v) is 20.9. The Hall–Kier alpha value is -3.61. The number of likely N-dealkylation sites (N-methyl/N-ethyl adjacent to an activating group) is 1. The molecule has 1 aliphatic rings. The highest BCUT2D eigenvalue weighted by atomic mass is 35.5. The van der Waals surface area contributed by atoms with Crippen LogP contribution in [0.1, 0.15) is 46.3 Å². The molecule has 1 saturated heterocycles. The van der Waals surface area contributed by atoms with Crippen LogP contribution in [-0.4, -0.2) is 47.8 Å². The summed E-state index contributed by atoms with van der Waals surface area (Å²) in [6, 6.07) is 5.98. The molecule has 0 bridgehead atoms. The third kappa shape index (κ3) is 7.94. The minimum absolute atomic E-state index is 0.0557. The first-order chi connectivity index (χ1) is 18.0. The number of rotatable bonds is 8. The van der Waals surface area contributed by atoms with Crippen LogP contribution in [0.15, 0.2) is 42.5 Å². The lowest BCUT2D eigenvalue weighted by molar-refractivity contribution is -0.154. The topological polar surface area (TPSA) is 92.8 Å². The Bertz CT molecular complexity index is 1230. The molecule has 0 radical (unpaired) electrons. The van der Waals surface area contributed by atoms with Crippen molar-refractivity contribution in [2.75, 3.05) is 7.05 Å². The fourth-order valence-corrected chi connectivity index (χ4v) is 4.03. The first-order valence-corrected chi connectivity index (χ1v) is 11.8. The molecule has 1 aliphatic heterocycles. The van der Waals surface area contributed by atoms with E-state index in [2.05, 4.69) is 0 Å². The van der Waals surface area contributed by atoms with Gasteiger partial charge in [-0.1, -0.05) is 23.7 Å². The predicted molar refractivity (Wildman–Crippen MR) is 124 cm³/mol. The lowest BCUT2D eigenvalue weighted by Crippen LogP contribution is -2.39. The maximum atomic E-state index is 13.3. The summed E-state index contributed by atoms with van der Waals surface area (Å²) >= 11 is 5.88. The average molecular weight is 579 g/mol. The quantitative estimate of drug-likeness (QED) is 0.276. The number of halogens is 7. The van der Waals surface area contributed by atoms with Gasteiger partial charge in [0.2, 0.25) is 5.91 Å². The molecule has 2 atom stereocenters. The molecular formula is C25H21ClF6N2O5. The normalized spacial score (nSPS) is 16.6. The number of nitrogens with one attached hydrogen (secondary N) is 1. The summed E-state index contributed by atoms with van der Waals surface area (Å²) in [4.78, 5) is 49.4. The number of hydrogen-bond acceptors (Lipinski definition) is 5. The summed E-state index contributed by atoms with van der Waals surface area (Å²) in [5.41, 5.74) is -3.52. The highest BCUT2D eigenvalue weighted by Crippen LogP contribution is 2.36. The van der Waals surface area contributed by atoms with Gasteiger partial charge >= 0.3 is 18.3 Å². The van der Waals surface area contributed by atoms with Gasteiger partial charge < -0.3 is 9.64 Å². The number of carbonyl (C=O) groups is 4. The number of hydrogen-bond donors (Lipinski definition) is 1. The molecule has 2 aromatic rings. The van der Waals surface area contributed by atoms with Crippen molar-refractivity contribution in [1.82, 2.24) is 10.2 Å². The molecule has 0 aromatic heterocycles. The molecule has 3 rings (SSSR count). The van der Waals surface area contributed by atoms with Crippen molar-refractivity contribution in [3.05, 3.63) is 69.7 Å². The van der Waals surface area contributed by atoms with Crippen LogP contribution in [0.25, 0.3) is 0 Å². The standard InChI is InChI=1S/C25H21ClF6N2O5/c1-34(23(38)14-9-15(24(27,28)29)11-16(10-14)25(30,31)32)18(8-13-2-4-17(26)5-3-13)6-7-21(36)39-19-12-20(35)33-22(19)37/h2-5,9-11,18-19H,6-8,12H2,1H3,(H,33,35,37). The van der Waals surface area contributed by atoms with Crippen LogP contribution in [0.4, 0.5) is 26.3 Å². The Labute approximate surface area is 223 Å². The Morgan fingerprint density at radius 3 is 2.08 bits per heavy atom. The Balaban J connectivity index is 1.86. The molecular weight excluding hydrogens is 558 g/mol. The summed E-state index contributed by atoms with van der Waals surface area (Å²) in [5, 5.41) is 2.38. The zero-order valence-electron chi connectivity index (χ0n) is 20.2. The third-order valence-corrected chi connectivity index (χ3v) is 6.22. The second kappa shape index (κ2) is 11.6. The van der Waals surface area contributed by atoms with Crippen LogP contribution in [0, 0.1) is 0 Å². The van der Waals surface area contributed by atoms with Gasteiger partial charge in [0.1, 0.15) is 0 Å². The molecule has 2 aromatic carbocycles. The molecule has 3 amide bonds. The van der Waals surface area contributed by atoms with E-state index in [9.17, 15) is 45.5 Å². The van der Waals surface area contributed by atoms with Gasteiger partial charge in [-0.15, -0.1) is 0 Å². The van der Waals surface area contributed by atoms with E-state index in [1.54, 1.807) is 24.3 Å². The van der Waals surface area contributed by atoms with Gasteiger partial charge in [-0.3, -0.25) is 24.5 Å². The van der Waals surface area contributed by atoms with Crippen LogP contribution < -0.4 is 5.32 Å². The summed E-state index contributed by atoms with van der Waals surface area (Å²) in [5.74, 6) is -3.43. The van der Waals surface area contributed by atoms with Crippen LogP contribution in [-0.2, 0) is 37.9 Å². The van der Waals surface area contributed by atoms with E-state index in [1.807, 2.05) is 5.32 Å². The molecule has 1 heterocycles. The van der Waals surface area contributed by atoms with E-state index < -0.39 is 64.9 Å². The van der Waals surface area contributed by atoms with Gasteiger partial charge in [0.05, 0.1) is 17.5 Å². The second-order valence-corrected chi connectivity index (χ2v) is 9.27. The SMILES string of the molecule is CN(C(=O)c1cc(C(F)(F)F)cc(C(F)(F)F)c1)C(CCC(=O)OC1CC(=O)NC1=O)Cc1ccc(Cl)cc1. The lowest BCUT2D eigenvalue weighted by atomic mass is 9.98. The average Bonchev–Trinajstić information content (AvgIpc) is 3.16. The van der Waals surface area contributed by atoms with Gasteiger partial charge in [0, 0.05) is 30.1 Å². The molecule has 1 N–H and O–H groups in total. The highest BCUT2D eigenvalue weighted by molar-refractivity contribution is 6.30. The zero-order chi connectivity index (χ0) is 29.1. The van der Waals surface area contributed by atoms with E-state index in [0.717, 1.165) is 4.90 Å². The van der Waals surface area contributed by atoms with Crippen LogP contribution in [0.2, 0.25) is 5.02 Å². The van der Waals surface area contributed by atoms with Crippen molar-refractivity contribution in [3.63, 3.8) is 0 Å². The van der Waals surface area contributed by atoms with E-state index >= 15 is 0 Å². The number of benzene rings is 2. The smallest absolute Gasteiger partial charge is 0.416 e. The Kier molecular flexibility index (Phi) is 8.94. The van der Waals surface area contributed by atoms with Crippen molar-refractivity contribution >= 4 is 35.3 Å². The fraction of sp³-hybridized carbons (Fsp3) is 0.360. The fourth-order valence-electron chi connectivity index (χ4n) is 3.90. The molecule has 14 heteroatoms. The van der Waals surface area contributed by atoms with Crippen molar-refractivity contribution in [2.24, 2.45) is 0 Å². The Morgan fingerprint density at radius 1 is 1.03 bits per heavy atom. The molecule has 0 saturated carbocycles. The molecule has 210 valence electrons. The minimum atomic E-state index is -5.14. The van der Waals surface area contributed by atoms with Crippen molar-refractivity contribution in [2.45, 2.75) is 50.2 Å². The first kappa shape index (κ1) is 29.9. The summed E-state index contributed by atoms with van der Waals surface area (Å²) in [7, 11) is 1.19. The molecule has 1 fully saturated rings. The number of imide groups is 1.